The summed E-state index contributed by atoms with van der Waals surface area (Å²) in [5.74, 6) is -0.379. The molecule has 1 saturated heterocycles. The molecule has 0 unspecified atom stereocenters. The minimum Gasteiger partial charge on any atom is -0.465 e. The monoisotopic (exact) mass is 341 g/mol. The van der Waals surface area contributed by atoms with Crippen molar-refractivity contribution in [3.05, 3.63) is 11.1 Å². The van der Waals surface area contributed by atoms with Crippen LogP contribution in [0.2, 0.25) is 0 Å². The summed E-state index contributed by atoms with van der Waals surface area (Å²) in [4.78, 5) is 29.8. The second-order valence-corrected chi connectivity index (χ2v) is 7.44. The molecule has 0 radical (unpaired) electrons. The third-order valence-electron chi connectivity index (χ3n) is 3.37. The van der Waals surface area contributed by atoms with Crippen LogP contribution in [0.5, 0.6) is 0 Å². The lowest BCUT2D eigenvalue weighted by Gasteiger charge is -2.33. The second kappa shape index (κ2) is 7.16. The molecule has 8 heteroatoms. The fraction of sp³-hybridized carbons (Fsp3) is 0.667. The lowest BCUT2D eigenvalue weighted by molar-refractivity contribution is 0.0210. The number of methoxy groups -OCH3 is 1. The molecule has 0 aliphatic carbocycles. The van der Waals surface area contributed by atoms with Gasteiger partial charge in [0.2, 0.25) is 0 Å². The average Bonchev–Trinajstić information content (AvgIpc) is 2.94. The quantitative estimate of drug-likeness (QED) is 0.852. The van der Waals surface area contributed by atoms with Gasteiger partial charge in [-0.3, -0.25) is 0 Å². The average molecular weight is 341 g/mol. The maximum atomic E-state index is 12.0. The number of esters is 1. The van der Waals surface area contributed by atoms with E-state index in [2.05, 4.69) is 15.0 Å². The van der Waals surface area contributed by atoms with Crippen LogP contribution in [0.4, 0.5) is 9.93 Å². The summed E-state index contributed by atoms with van der Waals surface area (Å²) in [5.41, 5.74) is -0.475. The number of hydrogen-bond acceptors (Lipinski definition) is 7. The molecular weight excluding hydrogens is 318 g/mol. The Morgan fingerprint density at radius 1 is 1.35 bits per heavy atom. The Labute approximate surface area is 140 Å². The summed E-state index contributed by atoms with van der Waals surface area (Å²) in [6.45, 7) is 6.87. The minimum atomic E-state index is -0.475. The van der Waals surface area contributed by atoms with E-state index in [1.54, 1.807) is 4.90 Å². The predicted molar refractivity (Wildman–Crippen MR) is 87.9 cm³/mol. The van der Waals surface area contributed by atoms with E-state index in [0.29, 0.717) is 23.1 Å². The van der Waals surface area contributed by atoms with Gasteiger partial charge in [0, 0.05) is 19.1 Å². The van der Waals surface area contributed by atoms with Crippen molar-refractivity contribution in [2.75, 3.05) is 25.5 Å². The van der Waals surface area contributed by atoms with Gasteiger partial charge in [-0.25, -0.2) is 14.6 Å². The van der Waals surface area contributed by atoms with Gasteiger partial charge in [-0.15, -0.1) is 0 Å². The Balaban J connectivity index is 1.82. The van der Waals surface area contributed by atoms with Crippen molar-refractivity contribution in [3.63, 3.8) is 0 Å². The van der Waals surface area contributed by atoms with Crippen molar-refractivity contribution < 1.29 is 19.1 Å². The number of ether oxygens (including phenoxy) is 2. The van der Waals surface area contributed by atoms with Crippen LogP contribution in [-0.2, 0) is 9.47 Å². The molecule has 1 aromatic rings. The van der Waals surface area contributed by atoms with Crippen LogP contribution in [0.1, 0.15) is 43.3 Å². The number of nitrogens with one attached hydrogen (secondary N) is 1. The molecule has 0 aromatic carbocycles. The van der Waals surface area contributed by atoms with Gasteiger partial charge < -0.3 is 19.7 Å². The molecule has 23 heavy (non-hydrogen) atoms. The molecule has 1 N–H and O–H groups in total. The van der Waals surface area contributed by atoms with Gasteiger partial charge >= 0.3 is 12.1 Å². The van der Waals surface area contributed by atoms with Crippen LogP contribution in [0.3, 0.4) is 0 Å². The van der Waals surface area contributed by atoms with Crippen LogP contribution in [-0.4, -0.2) is 53.8 Å². The summed E-state index contributed by atoms with van der Waals surface area (Å²) in [6.07, 6.45) is 2.87. The van der Waals surface area contributed by atoms with E-state index in [4.69, 9.17) is 4.74 Å². The number of amides is 1. The zero-order valence-corrected chi connectivity index (χ0v) is 14.7. The molecule has 0 spiro atoms. The Bertz CT molecular complexity index is 559. The molecular formula is C15H23N3O4S. The van der Waals surface area contributed by atoms with Crippen molar-refractivity contribution in [1.29, 1.82) is 0 Å². The summed E-state index contributed by atoms with van der Waals surface area (Å²) < 4.78 is 10.0. The van der Waals surface area contributed by atoms with Crippen LogP contribution in [0.25, 0.3) is 0 Å². The smallest absolute Gasteiger partial charge is 0.410 e. The van der Waals surface area contributed by atoms with Crippen LogP contribution >= 0.6 is 11.3 Å². The summed E-state index contributed by atoms with van der Waals surface area (Å²) in [6, 6.07) is 0.227. The molecule has 128 valence electrons. The molecule has 0 atom stereocenters. The van der Waals surface area contributed by atoms with Gasteiger partial charge in [-0.05, 0) is 33.6 Å². The summed E-state index contributed by atoms with van der Waals surface area (Å²) in [7, 11) is 1.35. The Morgan fingerprint density at radius 3 is 2.57 bits per heavy atom. The second-order valence-electron chi connectivity index (χ2n) is 6.41. The lowest BCUT2D eigenvalue weighted by atomic mass is 10.1. The molecule has 1 aliphatic rings. The van der Waals surface area contributed by atoms with Gasteiger partial charge in [0.25, 0.3) is 0 Å². The van der Waals surface area contributed by atoms with E-state index in [9.17, 15) is 9.59 Å². The zero-order valence-electron chi connectivity index (χ0n) is 13.9. The molecule has 0 saturated carbocycles. The zero-order chi connectivity index (χ0) is 17.0. The Kier molecular flexibility index (Phi) is 5.46. The van der Waals surface area contributed by atoms with Crippen LogP contribution < -0.4 is 5.32 Å². The lowest BCUT2D eigenvalue weighted by Crippen LogP contribution is -2.44. The third kappa shape index (κ3) is 5.09. The Morgan fingerprint density at radius 2 is 2.00 bits per heavy atom. The van der Waals surface area contributed by atoms with Gasteiger partial charge in [0.15, 0.2) is 5.13 Å². The highest BCUT2D eigenvalue weighted by Gasteiger charge is 2.27. The number of piperidine rings is 1. The highest BCUT2D eigenvalue weighted by Crippen LogP contribution is 2.23. The number of hydrogen-bond donors (Lipinski definition) is 1. The van der Waals surface area contributed by atoms with Gasteiger partial charge in [0.1, 0.15) is 10.5 Å². The normalized spacial score (nSPS) is 16.1. The predicted octanol–water partition coefficient (Wildman–Crippen LogP) is 2.74. The number of carbonyl (C=O) groups is 2. The molecule has 0 bridgehead atoms. The van der Waals surface area contributed by atoms with Crippen LogP contribution in [0.15, 0.2) is 6.20 Å². The van der Waals surface area contributed by atoms with Crippen molar-refractivity contribution in [3.8, 4) is 0 Å². The van der Waals surface area contributed by atoms with E-state index in [-0.39, 0.29) is 18.1 Å². The Hall–Kier alpha value is -1.83. The largest absolute Gasteiger partial charge is 0.465 e. The molecule has 1 aromatic heterocycles. The van der Waals surface area contributed by atoms with E-state index < -0.39 is 5.60 Å². The molecule has 2 heterocycles. The molecule has 1 aliphatic heterocycles. The SMILES string of the molecule is COC(=O)c1cnc(NC2CCN(C(=O)OC(C)(C)C)CC2)s1. The van der Waals surface area contributed by atoms with Crippen molar-refractivity contribution in [2.24, 2.45) is 0 Å². The third-order valence-corrected chi connectivity index (χ3v) is 4.28. The summed E-state index contributed by atoms with van der Waals surface area (Å²) >= 11 is 1.27. The molecule has 2 rings (SSSR count). The summed E-state index contributed by atoms with van der Waals surface area (Å²) in [5, 5.41) is 4.00. The standard InChI is InChI=1S/C15H23N3O4S/c1-15(2,3)22-14(20)18-7-5-10(6-8-18)17-13-16-9-11(23-13)12(19)21-4/h9-10H,5-8H2,1-4H3,(H,16,17). The van der Waals surface area contributed by atoms with Gasteiger partial charge in [-0.2, -0.15) is 0 Å². The number of thiazole rings is 1. The van der Waals surface area contributed by atoms with Crippen molar-refractivity contribution in [2.45, 2.75) is 45.3 Å². The highest BCUT2D eigenvalue weighted by atomic mass is 32.1. The number of carbonyl (C=O) groups excluding carboxylic acids is 2. The first-order valence-electron chi connectivity index (χ1n) is 7.57. The first-order chi connectivity index (χ1) is 10.8. The van der Waals surface area contributed by atoms with Crippen molar-refractivity contribution in [1.82, 2.24) is 9.88 Å². The van der Waals surface area contributed by atoms with E-state index >= 15 is 0 Å². The first kappa shape index (κ1) is 17.5. The number of anilines is 1. The number of rotatable bonds is 3. The molecule has 1 fully saturated rings. The van der Waals surface area contributed by atoms with Crippen LogP contribution in [0, 0.1) is 0 Å². The number of aromatic nitrogens is 1. The number of nitrogens with zero attached hydrogens (tertiary/aromatic N) is 2. The van der Waals surface area contributed by atoms with E-state index in [0.717, 1.165) is 12.8 Å². The minimum absolute atomic E-state index is 0.227. The fourth-order valence-electron chi connectivity index (χ4n) is 2.24. The first-order valence-corrected chi connectivity index (χ1v) is 8.39. The van der Waals surface area contributed by atoms with Crippen molar-refractivity contribution >= 4 is 28.5 Å². The molecule has 1 amide bonds. The van der Waals surface area contributed by atoms with E-state index in [1.165, 1.54) is 24.6 Å². The fourth-order valence-corrected chi connectivity index (χ4v) is 3.05. The van der Waals surface area contributed by atoms with E-state index in [1.807, 2.05) is 20.8 Å². The maximum Gasteiger partial charge on any atom is 0.410 e. The van der Waals surface area contributed by atoms with Gasteiger partial charge in [0.05, 0.1) is 13.3 Å². The number of likely N-dealkylation sites (tertiary alicyclic amines) is 1. The maximum absolute atomic E-state index is 12.0. The highest BCUT2D eigenvalue weighted by molar-refractivity contribution is 7.17. The molecule has 7 nitrogen and oxygen atoms in total. The topological polar surface area (TPSA) is 80.8 Å². The van der Waals surface area contributed by atoms with Gasteiger partial charge in [-0.1, -0.05) is 11.3 Å².